The van der Waals surface area contributed by atoms with E-state index in [9.17, 15) is 4.39 Å². The Kier molecular flexibility index (Phi) is 4.88. The van der Waals surface area contributed by atoms with Crippen LogP contribution in [0.5, 0.6) is 0 Å². The Hall–Kier alpha value is -2.79. The third kappa shape index (κ3) is 3.89. The van der Waals surface area contributed by atoms with Crippen molar-refractivity contribution in [2.75, 3.05) is 11.9 Å². The van der Waals surface area contributed by atoms with Crippen molar-refractivity contribution in [2.45, 2.75) is 25.9 Å². The molecule has 0 atom stereocenters. The maximum Gasteiger partial charge on any atom is 0.135 e. The lowest BCUT2D eigenvalue weighted by Gasteiger charge is -2.20. The van der Waals surface area contributed by atoms with Crippen molar-refractivity contribution in [3.63, 3.8) is 0 Å². The van der Waals surface area contributed by atoms with E-state index in [1.165, 1.54) is 28.8 Å². The summed E-state index contributed by atoms with van der Waals surface area (Å²) in [7, 11) is 0. The fraction of sp³-hybridized carbons (Fsp3) is 0.238. The third-order valence-electron chi connectivity index (χ3n) is 4.68. The van der Waals surface area contributed by atoms with Gasteiger partial charge in [-0.25, -0.2) is 14.4 Å². The Labute approximate surface area is 152 Å². The number of rotatable bonds is 5. The number of fused-ring (bicyclic) bond motifs is 1. The molecule has 0 unspecified atom stereocenters. The zero-order valence-corrected chi connectivity index (χ0v) is 14.5. The zero-order chi connectivity index (χ0) is 17.8. The van der Waals surface area contributed by atoms with Gasteiger partial charge in [-0.1, -0.05) is 30.3 Å². The minimum absolute atomic E-state index is 0.230. The first kappa shape index (κ1) is 16.7. The molecule has 2 heterocycles. The van der Waals surface area contributed by atoms with Gasteiger partial charge in [-0.2, -0.15) is 0 Å². The largest absolute Gasteiger partial charge is 0.366 e. The average molecular weight is 348 g/mol. The number of hydrogen-bond donors (Lipinski definition) is 2. The summed E-state index contributed by atoms with van der Waals surface area (Å²) >= 11 is 0. The summed E-state index contributed by atoms with van der Waals surface area (Å²) in [4.78, 5) is 8.92. The number of aromatic nitrogens is 2. The molecule has 0 radical (unpaired) electrons. The summed E-state index contributed by atoms with van der Waals surface area (Å²) in [6.45, 7) is 2.72. The van der Waals surface area contributed by atoms with E-state index in [2.05, 4.69) is 38.8 Å². The average Bonchev–Trinajstić information content (AvgIpc) is 2.68. The number of hydrogen-bond acceptors (Lipinski definition) is 4. The molecule has 0 aliphatic carbocycles. The normalized spacial score (nSPS) is 13.3. The van der Waals surface area contributed by atoms with Crippen molar-refractivity contribution >= 4 is 5.82 Å². The van der Waals surface area contributed by atoms with Gasteiger partial charge >= 0.3 is 0 Å². The Morgan fingerprint density at radius 2 is 1.96 bits per heavy atom. The minimum Gasteiger partial charge on any atom is -0.366 e. The Balaban J connectivity index is 1.45. The number of nitrogens with one attached hydrogen (secondary N) is 2. The lowest BCUT2D eigenvalue weighted by molar-refractivity contribution is 0.627. The van der Waals surface area contributed by atoms with Gasteiger partial charge in [0.2, 0.25) is 0 Å². The van der Waals surface area contributed by atoms with Crippen LogP contribution in [0.25, 0.3) is 0 Å². The predicted molar refractivity (Wildman–Crippen MR) is 100 cm³/mol. The van der Waals surface area contributed by atoms with Crippen LogP contribution in [0.1, 0.15) is 28.1 Å². The van der Waals surface area contributed by atoms with Crippen LogP contribution < -0.4 is 10.6 Å². The molecule has 0 saturated heterocycles. The highest BCUT2D eigenvalue weighted by Crippen LogP contribution is 2.19. The molecular weight excluding hydrogens is 327 g/mol. The number of anilines is 1. The summed E-state index contributed by atoms with van der Waals surface area (Å²) < 4.78 is 13.0. The summed E-state index contributed by atoms with van der Waals surface area (Å²) in [5.41, 5.74) is 5.14. The van der Waals surface area contributed by atoms with Crippen molar-refractivity contribution in [3.8, 4) is 0 Å². The molecular formula is C21H21FN4. The third-order valence-corrected chi connectivity index (χ3v) is 4.68. The van der Waals surface area contributed by atoms with Gasteiger partial charge in [0.15, 0.2) is 0 Å². The van der Waals surface area contributed by atoms with Crippen LogP contribution in [0.2, 0.25) is 0 Å². The van der Waals surface area contributed by atoms with E-state index in [1.54, 1.807) is 18.3 Å². The Morgan fingerprint density at radius 3 is 2.85 bits per heavy atom. The van der Waals surface area contributed by atoms with Crippen molar-refractivity contribution in [2.24, 2.45) is 0 Å². The van der Waals surface area contributed by atoms with E-state index >= 15 is 0 Å². The molecule has 1 aliphatic rings. The lowest BCUT2D eigenvalue weighted by atomic mass is 9.95. The van der Waals surface area contributed by atoms with Crippen LogP contribution in [0.4, 0.5) is 10.2 Å². The summed E-state index contributed by atoms with van der Waals surface area (Å²) in [6.07, 6.45) is 3.41. The Bertz CT molecular complexity index is 893. The smallest absolute Gasteiger partial charge is 0.135 e. The number of nitrogens with zero attached hydrogens (tertiary/aromatic N) is 2. The molecule has 1 aromatic heterocycles. The van der Waals surface area contributed by atoms with Crippen LogP contribution >= 0.6 is 0 Å². The van der Waals surface area contributed by atoms with Crippen LogP contribution in [0.3, 0.4) is 0 Å². The molecule has 2 aromatic carbocycles. The quantitative estimate of drug-likeness (QED) is 0.741. The molecule has 0 bridgehead atoms. The van der Waals surface area contributed by atoms with Crippen molar-refractivity contribution in [3.05, 3.63) is 88.6 Å². The van der Waals surface area contributed by atoms with Crippen molar-refractivity contribution in [1.29, 1.82) is 0 Å². The second kappa shape index (κ2) is 7.62. The van der Waals surface area contributed by atoms with E-state index in [4.69, 9.17) is 0 Å². The first-order valence-electron chi connectivity index (χ1n) is 8.88. The van der Waals surface area contributed by atoms with Crippen molar-refractivity contribution < 1.29 is 4.39 Å². The summed E-state index contributed by atoms with van der Waals surface area (Å²) in [6, 6.07) is 14.8. The van der Waals surface area contributed by atoms with Gasteiger partial charge in [-0.3, -0.25) is 0 Å². The topological polar surface area (TPSA) is 49.8 Å². The molecule has 132 valence electrons. The van der Waals surface area contributed by atoms with Gasteiger partial charge in [0, 0.05) is 25.7 Å². The number of halogens is 1. The molecule has 3 aromatic rings. The number of benzene rings is 2. The first-order chi connectivity index (χ1) is 12.8. The van der Waals surface area contributed by atoms with Crippen LogP contribution in [0.15, 0.2) is 54.7 Å². The van der Waals surface area contributed by atoms with E-state index in [1.807, 2.05) is 6.07 Å². The molecule has 0 fully saturated rings. The van der Waals surface area contributed by atoms with Gasteiger partial charge in [0.1, 0.15) is 17.5 Å². The predicted octanol–water partition coefficient (Wildman–Crippen LogP) is 3.46. The second-order valence-corrected chi connectivity index (χ2v) is 6.50. The molecule has 0 saturated carbocycles. The second-order valence-electron chi connectivity index (χ2n) is 6.50. The van der Waals surface area contributed by atoms with E-state index in [0.717, 1.165) is 43.3 Å². The van der Waals surface area contributed by atoms with Gasteiger partial charge < -0.3 is 10.6 Å². The molecule has 26 heavy (non-hydrogen) atoms. The highest BCUT2D eigenvalue weighted by atomic mass is 19.1. The lowest BCUT2D eigenvalue weighted by Crippen LogP contribution is -2.25. The minimum atomic E-state index is -0.230. The molecule has 5 heteroatoms. The first-order valence-corrected chi connectivity index (χ1v) is 8.88. The fourth-order valence-corrected chi connectivity index (χ4v) is 3.33. The zero-order valence-electron chi connectivity index (χ0n) is 14.5. The summed E-state index contributed by atoms with van der Waals surface area (Å²) in [5, 5.41) is 6.83. The van der Waals surface area contributed by atoms with E-state index in [-0.39, 0.29) is 5.82 Å². The van der Waals surface area contributed by atoms with E-state index < -0.39 is 0 Å². The Morgan fingerprint density at radius 1 is 1.08 bits per heavy atom. The van der Waals surface area contributed by atoms with Crippen molar-refractivity contribution in [1.82, 2.24) is 15.3 Å². The summed E-state index contributed by atoms with van der Waals surface area (Å²) in [5.74, 6) is 1.30. The van der Waals surface area contributed by atoms with Gasteiger partial charge in [0.05, 0.1) is 0 Å². The van der Waals surface area contributed by atoms with Crippen LogP contribution in [-0.2, 0) is 25.9 Å². The molecule has 0 spiro atoms. The van der Waals surface area contributed by atoms with Gasteiger partial charge in [0.25, 0.3) is 0 Å². The standard InChI is InChI=1S/C21H21FN4/c22-18-6-4-15(5-7-18)12-21-24-11-9-20(26-21)25-14-17-3-1-2-16-13-23-10-8-19(16)17/h1-7,9,11,23H,8,10,12-14H2,(H,24,25,26). The molecule has 1 aliphatic heterocycles. The highest BCUT2D eigenvalue weighted by molar-refractivity contribution is 5.41. The molecule has 2 N–H and O–H groups in total. The molecule has 4 nitrogen and oxygen atoms in total. The maximum atomic E-state index is 13.0. The maximum absolute atomic E-state index is 13.0. The van der Waals surface area contributed by atoms with Crippen LogP contribution in [-0.4, -0.2) is 16.5 Å². The SMILES string of the molecule is Fc1ccc(Cc2nccc(NCc3cccc4c3CCNC4)n2)cc1. The monoisotopic (exact) mass is 348 g/mol. The van der Waals surface area contributed by atoms with Crippen LogP contribution in [0, 0.1) is 5.82 Å². The van der Waals surface area contributed by atoms with Gasteiger partial charge in [-0.05, 0) is 53.4 Å². The molecule has 0 amide bonds. The molecule has 4 rings (SSSR count). The van der Waals surface area contributed by atoms with Gasteiger partial charge in [-0.15, -0.1) is 0 Å². The highest BCUT2D eigenvalue weighted by Gasteiger charge is 2.12. The fourth-order valence-electron chi connectivity index (χ4n) is 3.33. The van der Waals surface area contributed by atoms with E-state index in [0.29, 0.717) is 6.42 Å².